The number of benzene rings is 1. The Balaban J connectivity index is 1.64. The summed E-state index contributed by atoms with van der Waals surface area (Å²) in [6, 6.07) is 8.29. The standard InChI is InChI=1S/C19H19N5O5S/c1-11-8-15(23-29-11)22-16(25)10-30-19-20-9-14(18(27)24(19)2)17(26)21-12-4-6-13(28-3)7-5-12/h4-9H,10H2,1-3H3,(H,21,26)(H,22,23,25). The number of carbonyl (C=O) groups excluding carboxylic acids is 2. The van der Waals surface area contributed by atoms with E-state index < -0.39 is 11.5 Å². The number of ether oxygens (including phenoxy) is 1. The number of hydrogen-bond donors (Lipinski definition) is 2. The van der Waals surface area contributed by atoms with Crippen LogP contribution in [0, 0.1) is 6.92 Å². The molecule has 2 N–H and O–H groups in total. The van der Waals surface area contributed by atoms with Crippen molar-refractivity contribution in [2.24, 2.45) is 7.05 Å². The Labute approximate surface area is 175 Å². The summed E-state index contributed by atoms with van der Waals surface area (Å²) in [4.78, 5) is 41.2. The number of nitrogens with zero attached hydrogens (tertiary/aromatic N) is 3. The van der Waals surface area contributed by atoms with E-state index in [1.54, 1.807) is 44.4 Å². The van der Waals surface area contributed by atoms with Crippen LogP contribution in [0.25, 0.3) is 0 Å². The van der Waals surface area contributed by atoms with Crippen LogP contribution in [0.1, 0.15) is 16.1 Å². The molecule has 2 aromatic heterocycles. The molecule has 0 saturated heterocycles. The van der Waals surface area contributed by atoms with Crippen LogP contribution >= 0.6 is 11.8 Å². The minimum Gasteiger partial charge on any atom is -0.497 e. The van der Waals surface area contributed by atoms with Gasteiger partial charge >= 0.3 is 0 Å². The molecule has 0 radical (unpaired) electrons. The molecule has 0 atom stereocenters. The predicted octanol–water partition coefficient (Wildman–Crippen LogP) is 2.07. The molecule has 0 saturated carbocycles. The van der Waals surface area contributed by atoms with Crippen LogP contribution in [0.4, 0.5) is 11.5 Å². The Morgan fingerprint density at radius 2 is 1.97 bits per heavy atom. The molecule has 0 aliphatic heterocycles. The number of methoxy groups -OCH3 is 1. The van der Waals surface area contributed by atoms with Crippen molar-refractivity contribution in [1.29, 1.82) is 0 Å². The molecule has 0 fully saturated rings. The van der Waals surface area contributed by atoms with E-state index in [0.717, 1.165) is 11.8 Å². The first-order valence-corrected chi connectivity index (χ1v) is 9.73. The van der Waals surface area contributed by atoms with E-state index in [-0.39, 0.29) is 17.2 Å². The number of carbonyl (C=O) groups is 2. The molecule has 1 aromatic carbocycles. The molecular formula is C19H19N5O5S. The van der Waals surface area contributed by atoms with Gasteiger partial charge in [-0.05, 0) is 31.2 Å². The van der Waals surface area contributed by atoms with Crippen molar-refractivity contribution in [3.05, 3.63) is 58.2 Å². The topological polar surface area (TPSA) is 128 Å². The third-order valence-electron chi connectivity index (χ3n) is 3.95. The number of thioether (sulfide) groups is 1. The lowest BCUT2D eigenvalue weighted by Crippen LogP contribution is -2.29. The summed E-state index contributed by atoms with van der Waals surface area (Å²) in [7, 11) is 3.03. The zero-order valence-electron chi connectivity index (χ0n) is 16.5. The maximum atomic E-state index is 12.6. The van der Waals surface area contributed by atoms with Crippen LogP contribution in [-0.2, 0) is 11.8 Å². The Bertz CT molecular complexity index is 1120. The third-order valence-corrected chi connectivity index (χ3v) is 4.99. The lowest BCUT2D eigenvalue weighted by molar-refractivity contribution is -0.113. The second-order valence-corrected chi connectivity index (χ2v) is 7.10. The summed E-state index contributed by atoms with van der Waals surface area (Å²) in [6.07, 6.45) is 1.20. The predicted molar refractivity (Wildman–Crippen MR) is 111 cm³/mol. The molecule has 2 amide bonds. The molecule has 10 nitrogen and oxygen atoms in total. The Kier molecular flexibility index (Phi) is 6.52. The first kappa shape index (κ1) is 21.1. The zero-order chi connectivity index (χ0) is 21.7. The fourth-order valence-electron chi connectivity index (χ4n) is 2.43. The molecule has 0 unspecified atom stereocenters. The molecule has 156 valence electrons. The lowest BCUT2D eigenvalue weighted by Gasteiger charge is -2.09. The second-order valence-electron chi connectivity index (χ2n) is 6.16. The van der Waals surface area contributed by atoms with Crippen molar-refractivity contribution in [1.82, 2.24) is 14.7 Å². The van der Waals surface area contributed by atoms with E-state index in [9.17, 15) is 14.4 Å². The number of anilines is 2. The molecule has 3 aromatic rings. The van der Waals surface area contributed by atoms with E-state index >= 15 is 0 Å². The van der Waals surface area contributed by atoms with Crippen LogP contribution in [0.3, 0.4) is 0 Å². The molecule has 2 heterocycles. The smallest absolute Gasteiger partial charge is 0.266 e. The SMILES string of the molecule is COc1ccc(NC(=O)c2cnc(SCC(=O)Nc3cc(C)on3)n(C)c2=O)cc1. The fraction of sp³-hybridized carbons (Fsp3) is 0.211. The quantitative estimate of drug-likeness (QED) is 0.431. The average Bonchev–Trinajstić information content (AvgIpc) is 3.14. The van der Waals surface area contributed by atoms with Crippen molar-refractivity contribution in [2.75, 3.05) is 23.5 Å². The number of nitrogens with one attached hydrogen (secondary N) is 2. The van der Waals surface area contributed by atoms with Crippen LogP contribution in [0.15, 0.2) is 51.0 Å². The van der Waals surface area contributed by atoms with Crippen molar-refractivity contribution < 1.29 is 18.8 Å². The largest absolute Gasteiger partial charge is 0.497 e. The van der Waals surface area contributed by atoms with E-state index in [2.05, 4.69) is 20.8 Å². The summed E-state index contributed by atoms with van der Waals surface area (Å²) in [5.74, 6) is 0.627. The van der Waals surface area contributed by atoms with E-state index in [1.165, 1.54) is 17.8 Å². The normalized spacial score (nSPS) is 10.5. The van der Waals surface area contributed by atoms with Crippen molar-refractivity contribution >= 4 is 35.1 Å². The summed E-state index contributed by atoms with van der Waals surface area (Å²) >= 11 is 1.06. The van der Waals surface area contributed by atoms with Gasteiger partial charge in [0, 0.05) is 25.0 Å². The summed E-state index contributed by atoms with van der Waals surface area (Å²) in [5.41, 5.74) is -0.118. The van der Waals surface area contributed by atoms with Gasteiger partial charge in [0.15, 0.2) is 11.0 Å². The third kappa shape index (κ3) is 5.06. The van der Waals surface area contributed by atoms with E-state index in [0.29, 0.717) is 28.2 Å². The van der Waals surface area contributed by atoms with Gasteiger partial charge in [-0.25, -0.2) is 4.98 Å². The van der Waals surface area contributed by atoms with Gasteiger partial charge in [-0.2, -0.15) is 0 Å². The van der Waals surface area contributed by atoms with Crippen LogP contribution in [-0.4, -0.2) is 39.4 Å². The van der Waals surface area contributed by atoms with Gasteiger partial charge in [-0.3, -0.25) is 19.0 Å². The molecule has 0 bridgehead atoms. The minimum absolute atomic E-state index is 0.00355. The highest BCUT2D eigenvalue weighted by molar-refractivity contribution is 7.99. The van der Waals surface area contributed by atoms with E-state index in [1.807, 2.05) is 0 Å². The summed E-state index contributed by atoms with van der Waals surface area (Å²) in [5, 5.41) is 9.20. The second kappa shape index (κ2) is 9.27. The van der Waals surface area contributed by atoms with Gasteiger partial charge < -0.3 is 19.9 Å². The highest BCUT2D eigenvalue weighted by Gasteiger charge is 2.16. The number of amides is 2. The number of aryl methyl sites for hydroxylation is 1. The maximum absolute atomic E-state index is 12.6. The van der Waals surface area contributed by atoms with Gasteiger partial charge in [-0.1, -0.05) is 16.9 Å². The van der Waals surface area contributed by atoms with Gasteiger partial charge in [0.2, 0.25) is 5.91 Å². The van der Waals surface area contributed by atoms with Crippen molar-refractivity contribution in [3.63, 3.8) is 0 Å². The Morgan fingerprint density at radius 1 is 1.23 bits per heavy atom. The highest BCUT2D eigenvalue weighted by atomic mass is 32.2. The van der Waals surface area contributed by atoms with Crippen LogP contribution in [0.2, 0.25) is 0 Å². The highest BCUT2D eigenvalue weighted by Crippen LogP contribution is 2.17. The monoisotopic (exact) mass is 429 g/mol. The van der Waals surface area contributed by atoms with Crippen LogP contribution in [0.5, 0.6) is 5.75 Å². The molecule has 0 spiro atoms. The first-order chi connectivity index (χ1) is 14.4. The molecule has 11 heteroatoms. The average molecular weight is 429 g/mol. The van der Waals surface area contributed by atoms with Gasteiger partial charge in [0.25, 0.3) is 11.5 Å². The lowest BCUT2D eigenvalue weighted by atomic mass is 10.2. The summed E-state index contributed by atoms with van der Waals surface area (Å²) in [6.45, 7) is 1.71. The number of hydrogen-bond acceptors (Lipinski definition) is 8. The van der Waals surface area contributed by atoms with Crippen molar-refractivity contribution in [2.45, 2.75) is 12.1 Å². The van der Waals surface area contributed by atoms with Crippen LogP contribution < -0.4 is 20.9 Å². The first-order valence-electron chi connectivity index (χ1n) is 8.75. The maximum Gasteiger partial charge on any atom is 0.266 e. The number of aromatic nitrogens is 3. The van der Waals surface area contributed by atoms with Crippen molar-refractivity contribution in [3.8, 4) is 5.75 Å². The fourth-order valence-corrected chi connectivity index (χ4v) is 3.16. The molecule has 3 rings (SSSR count). The Hall–Kier alpha value is -3.60. The van der Waals surface area contributed by atoms with Gasteiger partial charge in [-0.15, -0.1) is 0 Å². The Morgan fingerprint density at radius 3 is 2.60 bits per heavy atom. The molecule has 0 aliphatic rings. The minimum atomic E-state index is -0.580. The summed E-state index contributed by atoms with van der Waals surface area (Å²) < 4.78 is 11.2. The van der Waals surface area contributed by atoms with Gasteiger partial charge in [0.1, 0.15) is 17.1 Å². The zero-order valence-corrected chi connectivity index (χ0v) is 17.3. The number of rotatable bonds is 7. The van der Waals surface area contributed by atoms with E-state index in [4.69, 9.17) is 9.26 Å². The molecule has 30 heavy (non-hydrogen) atoms. The van der Waals surface area contributed by atoms with Gasteiger partial charge in [0.05, 0.1) is 12.9 Å². The molecule has 0 aliphatic carbocycles. The molecular weight excluding hydrogens is 410 g/mol.